The summed E-state index contributed by atoms with van der Waals surface area (Å²) in [6, 6.07) is 3.20. The van der Waals surface area contributed by atoms with Gasteiger partial charge in [-0.3, -0.25) is 0 Å². The predicted molar refractivity (Wildman–Crippen MR) is 44.5 cm³/mol. The van der Waals surface area contributed by atoms with E-state index >= 15 is 0 Å². The molecule has 1 saturated heterocycles. The Kier molecular flexibility index (Phi) is 3.29. The van der Waals surface area contributed by atoms with Gasteiger partial charge in [0.1, 0.15) is 0 Å². The molecule has 1 heterocycles. The van der Waals surface area contributed by atoms with Crippen LogP contribution in [-0.4, -0.2) is 22.0 Å². The van der Waals surface area contributed by atoms with Gasteiger partial charge in [-0.25, -0.2) is 0 Å². The number of hydrogen-bond donors (Lipinski definition) is 1. The summed E-state index contributed by atoms with van der Waals surface area (Å²) in [6.07, 6.45) is 5.93. The van der Waals surface area contributed by atoms with Crippen LogP contribution in [0.2, 0.25) is 12.1 Å². The van der Waals surface area contributed by atoms with Gasteiger partial charge in [-0.2, -0.15) is 0 Å². The molecule has 1 N–H and O–H groups in total. The van der Waals surface area contributed by atoms with Crippen LogP contribution < -0.4 is 5.32 Å². The van der Waals surface area contributed by atoms with Gasteiger partial charge in [0.25, 0.3) is 0 Å². The third kappa shape index (κ3) is 2.50. The largest absolute Gasteiger partial charge is 0.323 e. The van der Waals surface area contributed by atoms with Crippen LogP contribution in [0.15, 0.2) is 0 Å². The van der Waals surface area contributed by atoms with Gasteiger partial charge >= 0.3 is 0 Å². The molecule has 0 aromatic rings. The number of rotatable bonds is 2. The first kappa shape index (κ1) is 7.29. The van der Waals surface area contributed by atoms with Crippen molar-refractivity contribution in [3.05, 3.63) is 0 Å². The van der Waals surface area contributed by atoms with E-state index in [0.29, 0.717) is 0 Å². The zero-order chi connectivity index (χ0) is 6.53. The van der Waals surface area contributed by atoms with E-state index < -0.39 is 0 Å². The summed E-state index contributed by atoms with van der Waals surface area (Å²) < 4.78 is 0. The van der Waals surface area contributed by atoms with E-state index in [9.17, 15) is 0 Å². The van der Waals surface area contributed by atoms with Crippen molar-refractivity contribution in [1.82, 2.24) is 5.32 Å². The van der Waals surface area contributed by atoms with Crippen molar-refractivity contribution in [1.29, 1.82) is 0 Å². The fourth-order valence-electron chi connectivity index (χ4n) is 1.68. The molecule has 0 aliphatic carbocycles. The normalized spacial score (nSPS) is 22.3. The minimum absolute atomic E-state index is 0.237. The van der Waals surface area contributed by atoms with Gasteiger partial charge in [-0.05, 0) is 13.2 Å². The summed E-state index contributed by atoms with van der Waals surface area (Å²) in [7, 11) is 1.85. The second-order valence-electron chi connectivity index (χ2n) is 3.06. The van der Waals surface area contributed by atoms with Crippen molar-refractivity contribution in [3.63, 3.8) is 0 Å². The molecule has 1 fully saturated rings. The molecule has 0 spiro atoms. The highest BCUT2D eigenvalue weighted by atomic mass is 28.3. The van der Waals surface area contributed by atoms with E-state index in [-0.39, 0.29) is 8.80 Å². The van der Waals surface area contributed by atoms with Crippen LogP contribution in [-0.2, 0) is 0 Å². The van der Waals surface area contributed by atoms with E-state index in [1.54, 1.807) is 12.1 Å². The summed E-state index contributed by atoms with van der Waals surface area (Å²) >= 11 is 0. The second-order valence-corrected chi connectivity index (χ2v) is 6.36. The van der Waals surface area contributed by atoms with Crippen LogP contribution in [0.25, 0.3) is 0 Å². The molecular weight excluding hydrogens is 126 g/mol. The Labute approximate surface area is 59.5 Å². The smallest absolute Gasteiger partial charge is 0.0527 e. The standard InChI is InChI=1S/C7H17NSi/c1-8-7-9-5-3-2-4-6-9/h8-9H,2-7H2,1H3. The second kappa shape index (κ2) is 4.07. The van der Waals surface area contributed by atoms with Gasteiger partial charge in [0.05, 0.1) is 8.80 Å². The SMILES string of the molecule is CNC[SiH]1CCCCC1. The average Bonchev–Trinajstić information content (AvgIpc) is 1.91. The molecule has 0 aromatic carbocycles. The minimum Gasteiger partial charge on any atom is -0.323 e. The minimum atomic E-state index is -0.237. The zero-order valence-corrected chi connectivity index (χ0v) is 7.47. The molecule has 0 unspecified atom stereocenters. The van der Waals surface area contributed by atoms with Gasteiger partial charge in [-0.1, -0.05) is 31.4 Å². The Balaban J connectivity index is 2.08. The first-order valence-electron chi connectivity index (χ1n) is 4.08. The molecule has 9 heavy (non-hydrogen) atoms. The van der Waals surface area contributed by atoms with Crippen LogP contribution >= 0.6 is 0 Å². The fourth-order valence-corrected chi connectivity index (χ4v) is 4.69. The third-order valence-electron chi connectivity index (χ3n) is 2.22. The van der Waals surface area contributed by atoms with Crippen LogP contribution in [0.5, 0.6) is 0 Å². The van der Waals surface area contributed by atoms with Crippen molar-refractivity contribution in [3.8, 4) is 0 Å². The molecule has 0 aromatic heterocycles. The lowest BCUT2D eigenvalue weighted by Gasteiger charge is -2.18. The molecular formula is C7H17NSi. The molecule has 0 bridgehead atoms. The van der Waals surface area contributed by atoms with Crippen LogP contribution in [0, 0.1) is 0 Å². The molecule has 0 atom stereocenters. The van der Waals surface area contributed by atoms with Crippen LogP contribution in [0.4, 0.5) is 0 Å². The molecule has 1 aliphatic heterocycles. The van der Waals surface area contributed by atoms with Crippen molar-refractivity contribution in [2.24, 2.45) is 0 Å². The molecule has 2 heteroatoms. The Morgan fingerprint density at radius 2 is 1.89 bits per heavy atom. The molecule has 0 amide bonds. The Morgan fingerprint density at radius 3 is 2.44 bits per heavy atom. The van der Waals surface area contributed by atoms with Crippen molar-refractivity contribution in [2.45, 2.75) is 31.4 Å². The maximum atomic E-state index is 3.30. The molecule has 54 valence electrons. The quantitative estimate of drug-likeness (QED) is 0.572. The van der Waals surface area contributed by atoms with Crippen molar-refractivity contribution >= 4 is 8.80 Å². The highest BCUT2D eigenvalue weighted by Crippen LogP contribution is 2.17. The van der Waals surface area contributed by atoms with Gasteiger partial charge in [-0.15, -0.1) is 0 Å². The van der Waals surface area contributed by atoms with E-state index in [1.165, 1.54) is 25.4 Å². The Hall–Kier alpha value is 0.177. The summed E-state index contributed by atoms with van der Waals surface area (Å²) in [5, 5.41) is 3.30. The van der Waals surface area contributed by atoms with Gasteiger partial charge < -0.3 is 5.32 Å². The van der Waals surface area contributed by atoms with E-state index in [4.69, 9.17) is 0 Å². The summed E-state index contributed by atoms with van der Waals surface area (Å²) in [4.78, 5) is 0. The Morgan fingerprint density at radius 1 is 1.22 bits per heavy atom. The lowest BCUT2D eigenvalue weighted by Crippen LogP contribution is -2.29. The lowest BCUT2D eigenvalue weighted by atomic mass is 10.3. The van der Waals surface area contributed by atoms with Crippen LogP contribution in [0.1, 0.15) is 19.3 Å². The van der Waals surface area contributed by atoms with Crippen molar-refractivity contribution < 1.29 is 0 Å². The van der Waals surface area contributed by atoms with Gasteiger partial charge in [0.2, 0.25) is 0 Å². The Bertz CT molecular complexity index is 66.6. The summed E-state index contributed by atoms with van der Waals surface area (Å²) in [5.41, 5.74) is 0. The first-order valence-corrected chi connectivity index (χ1v) is 6.53. The van der Waals surface area contributed by atoms with E-state index in [0.717, 1.165) is 0 Å². The zero-order valence-electron chi connectivity index (χ0n) is 6.32. The van der Waals surface area contributed by atoms with E-state index in [2.05, 4.69) is 12.4 Å². The molecule has 1 rings (SSSR count). The van der Waals surface area contributed by atoms with Crippen LogP contribution in [0.3, 0.4) is 0 Å². The lowest BCUT2D eigenvalue weighted by molar-refractivity contribution is 0.714. The average molecular weight is 143 g/mol. The summed E-state index contributed by atoms with van der Waals surface area (Å²) in [6.45, 7) is 0. The first-order chi connectivity index (χ1) is 4.43. The maximum Gasteiger partial charge on any atom is 0.0527 e. The monoisotopic (exact) mass is 143 g/mol. The van der Waals surface area contributed by atoms with E-state index in [1.807, 2.05) is 0 Å². The van der Waals surface area contributed by atoms with Gasteiger partial charge in [0, 0.05) is 0 Å². The van der Waals surface area contributed by atoms with Crippen molar-refractivity contribution in [2.75, 3.05) is 13.2 Å². The fraction of sp³-hybridized carbons (Fsp3) is 1.00. The maximum absolute atomic E-state index is 3.30. The molecule has 0 radical (unpaired) electrons. The molecule has 1 nitrogen and oxygen atoms in total. The summed E-state index contributed by atoms with van der Waals surface area (Å²) in [5.74, 6) is 0. The van der Waals surface area contributed by atoms with Gasteiger partial charge in [0.15, 0.2) is 0 Å². The third-order valence-corrected chi connectivity index (χ3v) is 5.65. The number of hydrogen-bond acceptors (Lipinski definition) is 1. The topological polar surface area (TPSA) is 12.0 Å². The number of nitrogens with one attached hydrogen (secondary N) is 1. The predicted octanol–water partition coefficient (Wildman–Crippen LogP) is 1.16. The highest BCUT2D eigenvalue weighted by Gasteiger charge is 2.12. The molecule has 0 saturated carbocycles. The molecule has 1 aliphatic rings. The highest BCUT2D eigenvalue weighted by molar-refractivity contribution is 6.59.